The summed E-state index contributed by atoms with van der Waals surface area (Å²) in [4.78, 5) is 0. The van der Waals surface area contributed by atoms with Crippen molar-refractivity contribution in [3.05, 3.63) is 47.6 Å². The smallest absolute Gasteiger partial charge is 0.0297 e. The fraction of sp³-hybridized carbons (Fsp3) is 0.429. The van der Waals surface area contributed by atoms with Crippen LogP contribution >= 0.6 is 0 Å². The second kappa shape index (κ2) is 7.37. The molecule has 0 heteroatoms. The summed E-state index contributed by atoms with van der Waals surface area (Å²) in [5.41, 5.74) is 3.73. The average molecular weight is 190 g/mol. The summed E-state index contributed by atoms with van der Waals surface area (Å²) < 4.78 is 0. The Kier molecular flexibility index (Phi) is 6.82. The van der Waals surface area contributed by atoms with Crippen molar-refractivity contribution in [1.82, 2.24) is 0 Å². The van der Waals surface area contributed by atoms with E-state index in [0.717, 1.165) is 18.4 Å². The minimum Gasteiger partial charge on any atom is -0.0915 e. The number of rotatable bonds is 5. The van der Waals surface area contributed by atoms with Gasteiger partial charge in [-0.3, -0.25) is 0 Å². The van der Waals surface area contributed by atoms with E-state index >= 15 is 0 Å². The van der Waals surface area contributed by atoms with Crippen molar-refractivity contribution in [3.8, 4) is 0 Å². The van der Waals surface area contributed by atoms with E-state index in [1.165, 1.54) is 11.1 Å². The van der Waals surface area contributed by atoms with Gasteiger partial charge >= 0.3 is 0 Å². The summed E-state index contributed by atoms with van der Waals surface area (Å²) in [5, 5.41) is 0. The van der Waals surface area contributed by atoms with E-state index in [4.69, 9.17) is 0 Å². The van der Waals surface area contributed by atoms with Crippen LogP contribution in [0.1, 0.15) is 40.5 Å². The minimum atomic E-state index is 1.05. The van der Waals surface area contributed by atoms with E-state index in [1.807, 2.05) is 0 Å². The molecule has 0 aliphatic heterocycles. The topological polar surface area (TPSA) is 0 Å². The van der Waals surface area contributed by atoms with Crippen LogP contribution in [0, 0.1) is 0 Å². The highest BCUT2D eigenvalue weighted by Gasteiger charge is 1.95. The lowest BCUT2D eigenvalue weighted by molar-refractivity contribution is 1.12. The number of hydrogen-bond acceptors (Lipinski definition) is 0. The first-order valence-electron chi connectivity index (χ1n) is 5.34. The molecule has 0 amide bonds. The average Bonchev–Trinajstić information content (AvgIpc) is 2.16. The molecule has 0 fully saturated rings. The molecule has 78 valence electrons. The first-order chi connectivity index (χ1) is 6.65. The van der Waals surface area contributed by atoms with Crippen LogP contribution in [0.3, 0.4) is 0 Å². The van der Waals surface area contributed by atoms with Crippen LogP contribution in [-0.2, 0) is 0 Å². The van der Waals surface area contributed by atoms with Crippen molar-refractivity contribution in [2.24, 2.45) is 0 Å². The third kappa shape index (κ3) is 4.86. The van der Waals surface area contributed by atoms with E-state index in [1.54, 1.807) is 0 Å². The van der Waals surface area contributed by atoms with Crippen LogP contribution in [0.2, 0.25) is 0 Å². The fourth-order valence-corrected chi connectivity index (χ4v) is 1.34. The molecule has 0 rings (SSSR count). The van der Waals surface area contributed by atoms with Crippen LogP contribution in [0.4, 0.5) is 0 Å². The van der Waals surface area contributed by atoms with Gasteiger partial charge in [0.1, 0.15) is 0 Å². The van der Waals surface area contributed by atoms with Crippen LogP contribution < -0.4 is 0 Å². The van der Waals surface area contributed by atoms with Crippen LogP contribution in [0.5, 0.6) is 0 Å². The third-order valence-electron chi connectivity index (χ3n) is 2.16. The van der Waals surface area contributed by atoms with Crippen molar-refractivity contribution in [1.29, 1.82) is 0 Å². The lowest BCUT2D eigenvalue weighted by Gasteiger charge is -2.03. The predicted molar refractivity (Wildman–Crippen MR) is 66.4 cm³/mol. The molecule has 0 N–H and O–H groups in total. The van der Waals surface area contributed by atoms with Crippen LogP contribution in [-0.4, -0.2) is 0 Å². The monoisotopic (exact) mass is 190 g/mol. The number of hydrogen-bond donors (Lipinski definition) is 0. The third-order valence-corrected chi connectivity index (χ3v) is 2.16. The molecule has 0 saturated carbocycles. The van der Waals surface area contributed by atoms with Gasteiger partial charge in [-0.25, -0.2) is 0 Å². The maximum absolute atomic E-state index is 4.07. The summed E-state index contributed by atoms with van der Waals surface area (Å²) in [6, 6.07) is 0. The Morgan fingerprint density at radius 1 is 1.29 bits per heavy atom. The van der Waals surface area contributed by atoms with Gasteiger partial charge in [0.25, 0.3) is 0 Å². The SMILES string of the molecule is C=C(/C=C(C)\C=C/CC)/C(=C\C)CC. The van der Waals surface area contributed by atoms with E-state index in [2.05, 4.69) is 58.6 Å². The second-order valence-corrected chi connectivity index (χ2v) is 3.39. The van der Waals surface area contributed by atoms with Crippen molar-refractivity contribution in [2.45, 2.75) is 40.5 Å². The summed E-state index contributed by atoms with van der Waals surface area (Å²) in [7, 11) is 0. The lowest BCUT2D eigenvalue weighted by Crippen LogP contribution is -1.83. The molecule has 0 heterocycles. The van der Waals surface area contributed by atoms with Crippen molar-refractivity contribution in [2.75, 3.05) is 0 Å². The van der Waals surface area contributed by atoms with Gasteiger partial charge in [-0.2, -0.15) is 0 Å². The molecular formula is C14H22. The van der Waals surface area contributed by atoms with Crippen LogP contribution in [0.25, 0.3) is 0 Å². The molecule has 0 spiro atoms. The highest BCUT2D eigenvalue weighted by atomic mass is 14.0. The van der Waals surface area contributed by atoms with Crippen LogP contribution in [0.15, 0.2) is 47.6 Å². The fourth-order valence-electron chi connectivity index (χ4n) is 1.34. The molecule has 0 radical (unpaired) electrons. The molecule has 0 aliphatic rings. The Hall–Kier alpha value is -1.04. The van der Waals surface area contributed by atoms with Gasteiger partial charge < -0.3 is 0 Å². The van der Waals surface area contributed by atoms with Gasteiger partial charge in [0.15, 0.2) is 0 Å². The van der Waals surface area contributed by atoms with E-state index < -0.39 is 0 Å². The molecule has 0 bridgehead atoms. The standard InChI is InChI=1S/C14H22/c1-6-9-10-12(4)11-13(5)14(7-2)8-3/h7,9-11H,5-6,8H2,1-4H3/b10-9-,12-11-,14-7-. The van der Waals surface area contributed by atoms with Gasteiger partial charge in [-0.1, -0.05) is 50.3 Å². The van der Waals surface area contributed by atoms with E-state index in [9.17, 15) is 0 Å². The Bertz CT molecular complexity index is 262. The van der Waals surface area contributed by atoms with Crippen molar-refractivity contribution >= 4 is 0 Å². The van der Waals surface area contributed by atoms with Gasteiger partial charge in [-0.15, -0.1) is 0 Å². The summed E-state index contributed by atoms with van der Waals surface area (Å²) >= 11 is 0. The Morgan fingerprint density at radius 3 is 2.36 bits per heavy atom. The molecule has 14 heavy (non-hydrogen) atoms. The number of allylic oxidation sites excluding steroid dienone is 7. The van der Waals surface area contributed by atoms with E-state index in [0.29, 0.717) is 0 Å². The molecule has 0 aromatic carbocycles. The Morgan fingerprint density at radius 2 is 1.93 bits per heavy atom. The van der Waals surface area contributed by atoms with Gasteiger partial charge in [0.05, 0.1) is 0 Å². The molecule has 0 aromatic rings. The van der Waals surface area contributed by atoms with Crippen molar-refractivity contribution in [3.63, 3.8) is 0 Å². The lowest BCUT2D eigenvalue weighted by atomic mass is 10.0. The molecule has 0 unspecified atom stereocenters. The Balaban J connectivity index is 4.50. The summed E-state index contributed by atoms with van der Waals surface area (Å²) in [6.07, 6.45) is 10.7. The first-order valence-corrected chi connectivity index (χ1v) is 5.34. The van der Waals surface area contributed by atoms with Gasteiger partial charge in [0.2, 0.25) is 0 Å². The zero-order chi connectivity index (χ0) is 11.0. The molecule has 0 atom stereocenters. The summed E-state index contributed by atoms with van der Waals surface area (Å²) in [6.45, 7) is 12.5. The minimum absolute atomic E-state index is 1.05. The predicted octanol–water partition coefficient (Wildman–Crippen LogP) is 4.81. The highest BCUT2D eigenvalue weighted by Crippen LogP contribution is 2.15. The molecule has 0 aromatic heterocycles. The highest BCUT2D eigenvalue weighted by molar-refractivity contribution is 5.40. The molecular weight excluding hydrogens is 168 g/mol. The Labute approximate surface area is 88.7 Å². The van der Waals surface area contributed by atoms with E-state index in [-0.39, 0.29) is 0 Å². The summed E-state index contributed by atoms with van der Waals surface area (Å²) in [5.74, 6) is 0. The van der Waals surface area contributed by atoms with Gasteiger partial charge in [-0.05, 0) is 37.8 Å². The maximum Gasteiger partial charge on any atom is -0.0297 e. The maximum atomic E-state index is 4.07. The first kappa shape index (κ1) is 13.0. The quantitative estimate of drug-likeness (QED) is 0.546. The zero-order valence-electron chi connectivity index (χ0n) is 9.93. The largest absolute Gasteiger partial charge is 0.0915 e. The van der Waals surface area contributed by atoms with Gasteiger partial charge in [0, 0.05) is 0 Å². The molecule has 0 saturated heterocycles. The zero-order valence-corrected chi connectivity index (χ0v) is 9.93. The molecule has 0 aliphatic carbocycles. The second-order valence-electron chi connectivity index (χ2n) is 3.39. The molecule has 0 nitrogen and oxygen atoms in total. The normalized spacial score (nSPS) is 13.7. The van der Waals surface area contributed by atoms with Crippen molar-refractivity contribution < 1.29 is 0 Å².